The largest absolute Gasteiger partial charge is 0.495 e. The van der Waals surface area contributed by atoms with E-state index in [4.69, 9.17) is 27.9 Å². The molecule has 0 saturated heterocycles. The molecule has 1 fully saturated rings. The molecule has 0 N–H and O–H groups in total. The molecule has 0 atom stereocenters. The Morgan fingerprint density at radius 3 is 2.53 bits per heavy atom. The van der Waals surface area contributed by atoms with Crippen molar-refractivity contribution in [1.29, 1.82) is 0 Å². The van der Waals surface area contributed by atoms with Crippen LogP contribution in [0.2, 0.25) is 10.0 Å². The zero-order valence-corrected chi connectivity index (χ0v) is 11.7. The van der Waals surface area contributed by atoms with Gasteiger partial charge < -0.3 is 4.74 Å². The quantitative estimate of drug-likeness (QED) is 0.739. The van der Waals surface area contributed by atoms with E-state index in [0.29, 0.717) is 15.8 Å². The molecule has 0 heterocycles. The van der Waals surface area contributed by atoms with Crippen LogP contribution in [0.15, 0.2) is 12.1 Å². The topological polar surface area (TPSA) is 9.23 Å². The van der Waals surface area contributed by atoms with Gasteiger partial charge in [0.15, 0.2) is 0 Å². The monoisotopic (exact) mass is 272 g/mol. The van der Waals surface area contributed by atoms with Gasteiger partial charge in [0, 0.05) is 0 Å². The van der Waals surface area contributed by atoms with Crippen molar-refractivity contribution in [1.82, 2.24) is 0 Å². The number of halogens is 2. The molecule has 1 nitrogen and oxygen atoms in total. The van der Waals surface area contributed by atoms with E-state index in [1.807, 2.05) is 12.1 Å². The highest BCUT2D eigenvalue weighted by Gasteiger charge is 2.16. The summed E-state index contributed by atoms with van der Waals surface area (Å²) >= 11 is 12.4. The van der Waals surface area contributed by atoms with Gasteiger partial charge in [-0.3, -0.25) is 0 Å². The van der Waals surface area contributed by atoms with Gasteiger partial charge in [0.05, 0.1) is 12.1 Å². The number of rotatable bonds is 4. The molecule has 17 heavy (non-hydrogen) atoms. The van der Waals surface area contributed by atoms with Gasteiger partial charge in [-0.1, -0.05) is 55.0 Å². The molecule has 0 aromatic heterocycles. The second-order valence-corrected chi connectivity index (χ2v) is 5.50. The molecule has 0 amide bonds. The summed E-state index contributed by atoms with van der Waals surface area (Å²) in [5.74, 6) is 1.54. The molecule has 1 aliphatic carbocycles. The van der Waals surface area contributed by atoms with Crippen LogP contribution in [0, 0.1) is 5.92 Å². The van der Waals surface area contributed by atoms with Gasteiger partial charge in [-0.05, 0) is 30.4 Å². The summed E-state index contributed by atoms with van der Waals surface area (Å²) in [7, 11) is 1.61. The van der Waals surface area contributed by atoms with Gasteiger partial charge in [0.25, 0.3) is 0 Å². The Kier molecular flexibility index (Phi) is 4.58. The molecular weight excluding hydrogens is 255 g/mol. The number of aryl methyl sites for hydroxylation is 1. The predicted molar refractivity (Wildman–Crippen MR) is 73.3 cm³/mol. The van der Waals surface area contributed by atoms with Crippen molar-refractivity contribution in [3.8, 4) is 5.75 Å². The highest BCUT2D eigenvalue weighted by molar-refractivity contribution is 6.43. The van der Waals surface area contributed by atoms with Gasteiger partial charge in [0.2, 0.25) is 0 Å². The summed E-state index contributed by atoms with van der Waals surface area (Å²) in [6.45, 7) is 0. The molecule has 1 aromatic carbocycles. The second kappa shape index (κ2) is 5.97. The van der Waals surface area contributed by atoms with Crippen molar-refractivity contribution in [2.45, 2.75) is 38.5 Å². The number of benzene rings is 1. The summed E-state index contributed by atoms with van der Waals surface area (Å²) in [6, 6.07) is 3.93. The molecule has 0 aliphatic heterocycles. The fraction of sp³-hybridized carbons (Fsp3) is 0.571. The minimum atomic E-state index is 0.540. The van der Waals surface area contributed by atoms with Crippen molar-refractivity contribution in [2.75, 3.05) is 7.11 Å². The Morgan fingerprint density at radius 2 is 1.88 bits per heavy atom. The maximum atomic E-state index is 6.25. The molecule has 1 saturated carbocycles. The number of hydrogen-bond donors (Lipinski definition) is 0. The summed E-state index contributed by atoms with van der Waals surface area (Å²) in [4.78, 5) is 0. The van der Waals surface area contributed by atoms with Crippen LogP contribution >= 0.6 is 23.2 Å². The van der Waals surface area contributed by atoms with Crippen molar-refractivity contribution in [3.05, 3.63) is 27.7 Å². The Hall–Kier alpha value is -0.400. The molecule has 0 spiro atoms. The minimum absolute atomic E-state index is 0.540. The molecule has 0 unspecified atom stereocenters. The zero-order valence-electron chi connectivity index (χ0n) is 10.1. The molecule has 0 bridgehead atoms. The molecule has 3 heteroatoms. The predicted octanol–water partition coefficient (Wildman–Crippen LogP) is 5.12. The molecule has 0 radical (unpaired) electrons. The van der Waals surface area contributed by atoms with E-state index in [2.05, 4.69) is 0 Å². The average molecular weight is 273 g/mol. The standard InChI is InChI=1S/C14H18Cl2O/c1-17-12-9-8-11(13(15)14(12)16)7-6-10-4-2-3-5-10/h8-10H,2-7H2,1H3. The maximum absolute atomic E-state index is 6.25. The SMILES string of the molecule is COc1ccc(CCC2CCCC2)c(Cl)c1Cl. The smallest absolute Gasteiger partial charge is 0.138 e. The van der Waals surface area contributed by atoms with Crippen molar-refractivity contribution in [2.24, 2.45) is 5.92 Å². The van der Waals surface area contributed by atoms with Gasteiger partial charge in [0.1, 0.15) is 10.8 Å². The van der Waals surface area contributed by atoms with Crippen LogP contribution in [-0.4, -0.2) is 7.11 Å². The van der Waals surface area contributed by atoms with E-state index in [0.717, 1.165) is 17.9 Å². The first kappa shape index (κ1) is 13.0. The van der Waals surface area contributed by atoms with Crippen LogP contribution in [0.25, 0.3) is 0 Å². The molecule has 1 aliphatic rings. The first-order valence-corrected chi connectivity index (χ1v) is 6.99. The van der Waals surface area contributed by atoms with Crippen LogP contribution in [0.4, 0.5) is 0 Å². The lowest BCUT2D eigenvalue weighted by molar-refractivity contribution is 0.415. The first-order chi connectivity index (χ1) is 8.22. The average Bonchev–Trinajstić information content (AvgIpc) is 2.84. The normalized spacial score (nSPS) is 16.4. The van der Waals surface area contributed by atoms with E-state index < -0.39 is 0 Å². The number of ether oxygens (including phenoxy) is 1. The van der Waals surface area contributed by atoms with Crippen LogP contribution in [0.5, 0.6) is 5.75 Å². The Bertz CT molecular complexity index is 384. The van der Waals surface area contributed by atoms with Gasteiger partial charge in [-0.2, -0.15) is 0 Å². The highest BCUT2D eigenvalue weighted by atomic mass is 35.5. The lowest BCUT2D eigenvalue weighted by Gasteiger charge is -2.12. The molecular formula is C14H18Cl2O. The van der Waals surface area contributed by atoms with Crippen LogP contribution < -0.4 is 4.74 Å². The lowest BCUT2D eigenvalue weighted by atomic mass is 9.98. The Labute approximate surface area is 113 Å². The second-order valence-electron chi connectivity index (χ2n) is 4.74. The van der Waals surface area contributed by atoms with Crippen molar-refractivity contribution < 1.29 is 4.74 Å². The van der Waals surface area contributed by atoms with E-state index >= 15 is 0 Å². The van der Waals surface area contributed by atoms with Crippen molar-refractivity contribution in [3.63, 3.8) is 0 Å². The van der Waals surface area contributed by atoms with E-state index in [-0.39, 0.29) is 0 Å². The van der Waals surface area contributed by atoms with Crippen molar-refractivity contribution >= 4 is 23.2 Å². The van der Waals surface area contributed by atoms with Gasteiger partial charge in [-0.25, -0.2) is 0 Å². The number of methoxy groups -OCH3 is 1. The third-order valence-electron chi connectivity index (χ3n) is 3.64. The summed E-state index contributed by atoms with van der Waals surface area (Å²) in [5.41, 5.74) is 1.14. The minimum Gasteiger partial charge on any atom is -0.495 e. The highest BCUT2D eigenvalue weighted by Crippen LogP contribution is 2.36. The summed E-state index contributed by atoms with van der Waals surface area (Å²) < 4.78 is 5.14. The Balaban J connectivity index is 2.03. The van der Waals surface area contributed by atoms with Crippen LogP contribution in [0.1, 0.15) is 37.7 Å². The van der Waals surface area contributed by atoms with E-state index in [1.165, 1.54) is 32.1 Å². The van der Waals surface area contributed by atoms with Crippen LogP contribution in [-0.2, 0) is 6.42 Å². The van der Waals surface area contributed by atoms with Gasteiger partial charge in [-0.15, -0.1) is 0 Å². The first-order valence-electron chi connectivity index (χ1n) is 6.23. The van der Waals surface area contributed by atoms with Gasteiger partial charge >= 0.3 is 0 Å². The third-order valence-corrected chi connectivity index (χ3v) is 4.55. The molecule has 1 aromatic rings. The summed E-state index contributed by atoms with van der Waals surface area (Å²) in [5, 5.41) is 1.20. The third kappa shape index (κ3) is 3.08. The van der Waals surface area contributed by atoms with Crippen LogP contribution in [0.3, 0.4) is 0 Å². The zero-order chi connectivity index (χ0) is 12.3. The lowest BCUT2D eigenvalue weighted by Crippen LogP contribution is -1.97. The number of hydrogen-bond acceptors (Lipinski definition) is 1. The van der Waals surface area contributed by atoms with E-state index in [9.17, 15) is 0 Å². The van der Waals surface area contributed by atoms with E-state index in [1.54, 1.807) is 7.11 Å². The fourth-order valence-corrected chi connectivity index (χ4v) is 3.09. The Morgan fingerprint density at radius 1 is 1.18 bits per heavy atom. The molecule has 94 valence electrons. The molecule has 2 rings (SSSR count). The summed E-state index contributed by atoms with van der Waals surface area (Å²) in [6.07, 6.45) is 7.78. The maximum Gasteiger partial charge on any atom is 0.138 e. The fourth-order valence-electron chi connectivity index (χ4n) is 2.58.